The maximum Gasteiger partial charge on any atom is 0.255 e. The fourth-order valence-corrected chi connectivity index (χ4v) is 3.91. The van der Waals surface area contributed by atoms with Crippen LogP contribution in [0.15, 0.2) is 59.3 Å². The van der Waals surface area contributed by atoms with Gasteiger partial charge in [-0.1, -0.05) is 18.2 Å². The predicted molar refractivity (Wildman–Crippen MR) is 115 cm³/mol. The molecule has 0 saturated carbocycles. The summed E-state index contributed by atoms with van der Waals surface area (Å²) in [6.45, 7) is 4.34. The van der Waals surface area contributed by atoms with Crippen LogP contribution < -0.4 is 11.1 Å². The average molecular weight is 394 g/mol. The number of hydrogen-bond acceptors (Lipinski definition) is 5. The van der Waals surface area contributed by atoms with E-state index < -0.39 is 0 Å². The summed E-state index contributed by atoms with van der Waals surface area (Å²) in [5.74, 6) is -0.160. The Morgan fingerprint density at radius 2 is 1.86 bits per heavy atom. The molecule has 6 heteroatoms. The van der Waals surface area contributed by atoms with E-state index in [4.69, 9.17) is 10.5 Å². The maximum atomic E-state index is 12.7. The molecule has 0 radical (unpaired) electrons. The van der Waals surface area contributed by atoms with Crippen LogP contribution in [0.3, 0.4) is 0 Å². The lowest BCUT2D eigenvalue weighted by molar-refractivity contribution is 0.0342. The zero-order valence-corrected chi connectivity index (χ0v) is 16.4. The van der Waals surface area contributed by atoms with Gasteiger partial charge in [0.2, 0.25) is 0 Å². The second-order valence-electron chi connectivity index (χ2n) is 6.85. The highest BCUT2D eigenvalue weighted by molar-refractivity contribution is 7.08. The summed E-state index contributed by atoms with van der Waals surface area (Å²) in [5, 5.41) is 7.05. The molecule has 3 aromatic rings. The van der Waals surface area contributed by atoms with Gasteiger partial charge in [-0.2, -0.15) is 11.3 Å². The normalized spacial score (nSPS) is 14.7. The van der Waals surface area contributed by atoms with Gasteiger partial charge >= 0.3 is 0 Å². The Hall–Kier alpha value is -2.67. The number of carbonyl (C=O) groups is 1. The topological polar surface area (TPSA) is 67.6 Å². The number of nitrogens with zero attached hydrogens (tertiary/aromatic N) is 1. The van der Waals surface area contributed by atoms with Crippen LogP contribution in [0.4, 0.5) is 11.4 Å². The second kappa shape index (κ2) is 8.56. The maximum absolute atomic E-state index is 12.7. The van der Waals surface area contributed by atoms with Crippen LogP contribution in [0.1, 0.15) is 15.9 Å². The van der Waals surface area contributed by atoms with Crippen molar-refractivity contribution in [3.63, 3.8) is 0 Å². The molecule has 4 rings (SSSR count). The summed E-state index contributed by atoms with van der Waals surface area (Å²) >= 11 is 1.64. The van der Waals surface area contributed by atoms with Gasteiger partial charge in [0.1, 0.15) is 0 Å². The van der Waals surface area contributed by atoms with E-state index in [1.807, 2.05) is 47.8 Å². The summed E-state index contributed by atoms with van der Waals surface area (Å²) in [5.41, 5.74) is 11.2. The molecule has 1 aromatic heterocycles. The molecule has 1 saturated heterocycles. The lowest BCUT2D eigenvalue weighted by Gasteiger charge is -2.26. The quantitative estimate of drug-likeness (QED) is 0.641. The van der Waals surface area contributed by atoms with E-state index >= 15 is 0 Å². The molecule has 0 aliphatic carbocycles. The molecule has 0 unspecified atom stereocenters. The highest BCUT2D eigenvalue weighted by atomic mass is 32.1. The van der Waals surface area contributed by atoms with Crippen molar-refractivity contribution in [1.29, 1.82) is 0 Å². The van der Waals surface area contributed by atoms with Gasteiger partial charge in [-0.15, -0.1) is 0 Å². The molecule has 1 aliphatic heterocycles. The molecule has 144 valence electrons. The Labute approximate surface area is 168 Å². The standard InChI is InChI=1S/C22H23N3O2S/c23-20-6-5-18(19-7-12-28-15-19)13-21(20)24-22(26)17-3-1-16(2-4-17)14-25-8-10-27-11-9-25/h1-7,12-13,15H,8-11,14,23H2,(H,24,26). The van der Waals surface area contributed by atoms with Gasteiger partial charge in [0.05, 0.1) is 24.6 Å². The lowest BCUT2D eigenvalue weighted by atomic mass is 10.1. The van der Waals surface area contributed by atoms with E-state index in [0.717, 1.165) is 44.0 Å². The minimum atomic E-state index is -0.160. The molecule has 0 atom stereocenters. The third-order valence-electron chi connectivity index (χ3n) is 4.88. The molecule has 5 nitrogen and oxygen atoms in total. The summed E-state index contributed by atoms with van der Waals surface area (Å²) in [6.07, 6.45) is 0. The van der Waals surface area contributed by atoms with E-state index in [2.05, 4.69) is 21.7 Å². The number of rotatable bonds is 5. The molecule has 2 heterocycles. The van der Waals surface area contributed by atoms with Gasteiger partial charge in [0.15, 0.2) is 0 Å². The third-order valence-corrected chi connectivity index (χ3v) is 5.57. The molecular weight excluding hydrogens is 370 g/mol. The Morgan fingerprint density at radius 3 is 2.57 bits per heavy atom. The van der Waals surface area contributed by atoms with Crippen molar-refractivity contribution >= 4 is 28.6 Å². The van der Waals surface area contributed by atoms with Gasteiger partial charge in [-0.3, -0.25) is 9.69 Å². The molecule has 0 spiro atoms. The van der Waals surface area contributed by atoms with Gasteiger partial charge in [0, 0.05) is 25.2 Å². The van der Waals surface area contributed by atoms with E-state index in [0.29, 0.717) is 16.9 Å². The molecule has 1 fully saturated rings. The highest BCUT2D eigenvalue weighted by Crippen LogP contribution is 2.29. The number of nitrogens with one attached hydrogen (secondary N) is 1. The highest BCUT2D eigenvalue weighted by Gasteiger charge is 2.12. The van der Waals surface area contributed by atoms with E-state index in [1.54, 1.807) is 11.3 Å². The second-order valence-corrected chi connectivity index (χ2v) is 7.63. The fraction of sp³-hybridized carbons (Fsp3) is 0.227. The fourth-order valence-electron chi connectivity index (χ4n) is 3.25. The van der Waals surface area contributed by atoms with Gasteiger partial charge in [0.25, 0.3) is 5.91 Å². The molecule has 2 aromatic carbocycles. The zero-order valence-electron chi connectivity index (χ0n) is 15.6. The predicted octanol–water partition coefficient (Wildman–Crippen LogP) is 4.08. The Bertz CT molecular complexity index is 933. The Morgan fingerprint density at radius 1 is 1.07 bits per heavy atom. The van der Waals surface area contributed by atoms with Crippen molar-refractivity contribution in [2.45, 2.75) is 6.54 Å². The van der Waals surface area contributed by atoms with E-state index in [1.165, 1.54) is 5.56 Å². The average Bonchev–Trinajstić information content (AvgIpc) is 3.26. The molecule has 0 bridgehead atoms. The number of anilines is 2. The zero-order chi connectivity index (χ0) is 19.3. The van der Waals surface area contributed by atoms with Crippen LogP contribution >= 0.6 is 11.3 Å². The molecule has 28 heavy (non-hydrogen) atoms. The van der Waals surface area contributed by atoms with Crippen molar-refractivity contribution in [3.8, 4) is 11.1 Å². The summed E-state index contributed by atoms with van der Waals surface area (Å²) < 4.78 is 5.38. The van der Waals surface area contributed by atoms with Crippen LogP contribution in [-0.4, -0.2) is 37.1 Å². The number of amides is 1. The van der Waals surface area contributed by atoms with Crippen LogP contribution in [0.25, 0.3) is 11.1 Å². The van der Waals surface area contributed by atoms with E-state index in [-0.39, 0.29) is 5.91 Å². The van der Waals surface area contributed by atoms with Crippen molar-refractivity contribution < 1.29 is 9.53 Å². The first-order valence-corrected chi connectivity index (χ1v) is 10.3. The minimum Gasteiger partial charge on any atom is -0.397 e. The number of nitrogen functional groups attached to an aromatic ring is 1. The Balaban J connectivity index is 1.44. The number of hydrogen-bond donors (Lipinski definition) is 2. The van der Waals surface area contributed by atoms with Gasteiger partial charge < -0.3 is 15.8 Å². The van der Waals surface area contributed by atoms with E-state index in [9.17, 15) is 4.79 Å². The summed E-state index contributed by atoms with van der Waals surface area (Å²) in [7, 11) is 0. The van der Waals surface area contributed by atoms with Gasteiger partial charge in [-0.05, 0) is 57.8 Å². The first-order valence-electron chi connectivity index (χ1n) is 9.31. The van der Waals surface area contributed by atoms with Crippen molar-refractivity contribution in [3.05, 3.63) is 70.4 Å². The number of nitrogens with two attached hydrogens (primary N) is 1. The number of carbonyl (C=O) groups excluding carboxylic acids is 1. The molecular formula is C22H23N3O2S. The third kappa shape index (κ3) is 4.42. The van der Waals surface area contributed by atoms with Crippen LogP contribution in [-0.2, 0) is 11.3 Å². The largest absolute Gasteiger partial charge is 0.397 e. The van der Waals surface area contributed by atoms with Crippen molar-refractivity contribution in [1.82, 2.24) is 4.90 Å². The molecule has 3 N–H and O–H groups in total. The van der Waals surface area contributed by atoms with Gasteiger partial charge in [-0.25, -0.2) is 0 Å². The smallest absolute Gasteiger partial charge is 0.255 e. The van der Waals surface area contributed by atoms with Crippen LogP contribution in [0.2, 0.25) is 0 Å². The molecule has 1 aliphatic rings. The minimum absolute atomic E-state index is 0.160. The monoisotopic (exact) mass is 393 g/mol. The number of morpholine rings is 1. The van der Waals surface area contributed by atoms with Crippen LogP contribution in [0, 0.1) is 0 Å². The Kier molecular flexibility index (Phi) is 5.71. The SMILES string of the molecule is Nc1ccc(-c2ccsc2)cc1NC(=O)c1ccc(CN2CCOCC2)cc1. The van der Waals surface area contributed by atoms with Crippen molar-refractivity contribution in [2.24, 2.45) is 0 Å². The lowest BCUT2D eigenvalue weighted by Crippen LogP contribution is -2.35. The summed E-state index contributed by atoms with van der Waals surface area (Å²) in [4.78, 5) is 15.0. The first-order chi connectivity index (χ1) is 13.7. The van der Waals surface area contributed by atoms with Crippen LogP contribution in [0.5, 0.6) is 0 Å². The molecule has 1 amide bonds. The first kappa shape index (κ1) is 18.7. The number of thiophene rings is 1. The summed E-state index contributed by atoms with van der Waals surface area (Å²) in [6, 6.07) is 15.5. The number of benzene rings is 2. The number of ether oxygens (including phenoxy) is 1. The van der Waals surface area contributed by atoms with Crippen molar-refractivity contribution in [2.75, 3.05) is 37.4 Å².